The number of aliphatic imine (C=N–C) groups is 1. The van der Waals surface area contributed by atoms with Gasteiger partial charge in [-0.3, -0.25) is 14.4 Å². The second kappa shape index (κ2) is 16.6. The first-order valence-electron chi connectivity index (χ1n) is 20.9. The van der Waals surface area contributed by atoms with Gasteiger partial charge in [-0.25, -0.2) is 9.97 Å². The minimum Gasteiger partial charge on any atom is -0.350 e. The molecule has 7 aromatic heterocycles. The topological polar surface area (TPSA) is 173 Å². The lowest BCUT2D eigenvalue weighted by Gasteiger charge is -2.29. The van der Waals surface area contributed by atoms with Gasteiger partial charge in [-0.2, -0.15) is 33.8 Å². The molecule has 0 radical (unpaired) electrons. The molecule has 3 atom stereocenters. The average molecular weight is 848 g/mol. The largest absolute Gasteiger partial charge is 0.350 e. The molecule has 3 unspecified atom stereocenters. The highest BCUT2D eigenvalue weighted by Crippen LogP contribution is 2.39. The van der Waals surface area contributed by atoms with E-state index in [1.165, 1.54) is 11.5 Å². The van der Waals surface area contributed by atoms with Gasteiger partial charge in [-0.05, 0) is 87.7 Å². The summed E-state index contributed by atoms with van der Waals surface area (Å²) >= 11 is 1.43. The van der Waals surface area contributed by atoms with Crippen molar-refractivity contribution >= 4 is 57.6 Å². The van der Waals surface area contributed by atoms with Gasteiger partial charge in [-0.1, -0.05) is 0 Å². The van der Waals surface area contributed by atoms with Crippen LogP contribution in [-0.2, 0) is 14.1 Å². The monoisotopic (exact) mass is 847 g/mol. The molecule has 2 aliphatic rings. The molecule has 1 aromatic carbocycles. The summed E-state index contributed by atoms with van der Waals surface area (Å²) in [5.41, 5.74) is 11.5. The smallest absolute Gasteiger partial charge is 0.165 e. The van der Waals surface area contributed by atoms with Gasteiger partial charge in [-0.15, -0.1) is 0 Å². The number of hydrogen-bond acceptors (Lipinski definition) is 14. The van der Waals surface area contributed by atoms with Crippen LogP contribution in [0, 0.1) is 6.92 Å². The van der Waals surface area contributed by atoms with Crippen LogP contribution in [-0.4, -0.2) is 86.5 Å². The summed E-state index contributed by atoms with van der Waals surface area (Å²) in [6.07, 6.45) is 17.3. The summed E-state index contributed by atoms with van der Waals surface area (Å²) in [5, 5.41) is 34.9. The first-order valence-corrected chi connectivity index (χ1v) is 21.7. The Balaban J connectivity index is 0.949. The summed E-state index contributed by atoms with van der Waals surface area (Å²) in [7, 11) is 5.89. The standard InChI is InChI=1S/C44H49N17S/c1-27-17-41(62-56-27)54-40-19-38(52-43-33(23-49-61(40)43)30-22-48-58(4)25-30)29-8-13-36(47-21-29)42-35(26-59(5)55-42)34-24-50-60-39(18-37(53-44(34)60)28-7-6-14-46-20-28)51-31-9-11-32(12-10-31)57(3)16-15-45-2/h9-12,15-19,22-26,28-29,36,46-47,51,54H,2,6-8,13-14,20-21H2,1,3-5H3/b16-15-. The lowest BCUT2D eigenvalue weighted by Crippen LogP contribution is -2.33. The zero-order chi connectivity index (χ0) is 42.3. The molecule has 0 amide bonds. The van der Waals surface area contributed by atoms with Crippen LogP contribution in [0.5, 0.6) is 0 Å². The van der Waals surface area contributed by atoms with Crippen molar-refractivity contribution in [2.45, 2.75) is 50.5 Å². The number of benzene rings is 1. The highest BCUT2D eigenvalue weighted by Gasteiger charge is 2.30. The fourth-order valence-corrected chi connectivity index (χ4v) is 9.31. The van der Waals surface area contributed by atoms with E-state index in [2.05, 4.69) is 85.0 Å². The van der Waals surface area contributed by atoms with Crippen molar-refractivity contribution in [1.82, 2.24) is 63.8 Å². The number of rotatable bonds is 12. The zero-order valence-electron chi connectivity index (χ0n) is 35.2. The van der Waals surface area contributed by atoms with Crippen LogP contribution in [0.3, 0.4) is 0 Å². The molecule has 0 spiro atoms. The molecule has 2 saturated heterocycles. The van der Waals surface area contributed by atoms with E-state index >= 15 is 0 Å². The summed E-state index contributed by atoms with van der Waals surface area (Å²) in [6, 6.07) is 14.6. The predicted octanol–water partition coefficient (Wildman–Crippen LogP) is 7.11. The molecule has 2 aliphatic heterocycles. The fraction of sp³-hybridized carbons (Fsp3) is 0.318. The van der Waals surface area contributed by atoms with E-state index in [-0.39, 0.29) is 12.0 Å². The van der Waals surface area contributed by atoms with E-state index in [0.717, 1.165) is 130 Å². The normalized spacial score (nSPS) is 18.2. The van der Waals surface area contributed by atoms with E-state index in [0.29, 0.717) is 5.92 Å². The Kier molecular flexibility index (Phi) is 10.5. The van der Waals surface area contributed by atoms with Gasteiger partial charge in [0, 0.05) is 111 Å². The van der Waals surface area contributed by atoms with Gasteiger partial charge in [0.05, 0.1) is 53.0 Å². The van der Waals surface area contributed by atoms with Crippen molar-refractivity contribution in [2.75, 3.05) is 42.2 Å². The van der Waals surface area contributed by atoms with Crippen LogP contribution in [0.25, 0.3) is 33.5 Å². The van der Waals surface area contributed by atoms with Gasteiger partial charge in [0.15, 0.2) is 11.3 Å². The van der Waals surface area contributed by atoms with Gasteiger partial charge >= 0.3 is 0 Å². The second-order valence-electron chi connectivity index (χ2n) is 16.2. The number of nitrogens with zero attached hydrogens (tertiary/aromatic N) is 13. The second-order valence-corrected chi connectivity index (χ2v) is 17.0. The van der Waals surface area contributed by atoms with Gasteiger partial charge < -0.3 is 26.2 Å². The van der Waals surface area contributed by atoms with Crippen LogP contribution in [0.1, 0.15) is 66.3 Å². The molecule has 10 rings (SSSR count). The maximum absolute atomic E-state index is 5.35. The third-order valence-electron chi connectivity index (χ3n) is 11.8. The van der Waals surface area contributed by atoms with Crippen molar-refractivity contribution in [2.24, 2.45) is 19.1 Å². The van der Waals surface area contributed by atoms with Crippen LogP contribution in [0.4, 0.5) is 28.0 Å². The number of hydrogen-bond donors (Lipinski definition) is 4. The van der Waals surface area contributed by atoms with E-state index in [1.807, 2.05) is 83.7 Å². The molecule has 17 nitrogen and oxygen atoms in total. The van der Waals surface area contributed by atoms with E-state index in [4.69, 9.17) is 25.3 Å². The first kappa shape index (κ1) is 39.4. The molecule has 316 valence electrons. The Morgan fingerprint density at radius 3 is 2.24 bits per heavy atom. The molecule has 0 saturated carbocycles. The summed E-state index contributed by atoms with van der Waals surface area (Å²) in [4.78, 5) is 16.4. The van der Waals surface area contributed by atoms with E-state index in [1.54, 1.807) is 10.9 Å². The number of aromatic nitrogens is 11. The average Bonchev–Trinajstić information content (AvgIpc) is 4.15. The van der Waals surface area contributed by atoms with Gasteiger partial charge in [0.2, 0.25) is 0 Å². The van der Waals surface area contributed by atoms with Gasteiger partial charge in [0.25, 0.3) is 0 Å². The molecular formula is C44H49N17S. The molecule has 4 N–H and O–H groups in total. The summed E-state index contributed by atoms with van der Waals surface area (Å²) in [6.45, 7) is 8.19. The summed E-state index contributed by atoms with van der Waals surface area (Å²) in [5.74, 6) is 2.16. The molecule has 8 aromatic rings. The molecular weight excluding hydrogens is 799 g/mol. The molecule has 9 heterocycles. The molecule has 0 aliphatic carbocycles. The van der Waals surface area contributed by atoms with Gasteiger partial charge in [0.1, 0.15) is 16.6 Å². The molecule has 18 heteroatoms. The molecule has 0 bridgehead atoms. The SMILES string of the molecule is C=N/C=C\N(C)c1ccc(Nc2cc(C3CCCNC3)nc3c(-c4cn(C)nc4C4CCC(c5cc(Nc6cc(C)ns6)n6ncc(-c7cnn(C)c7)c6n5)CN4)cnn23)cc1. The van der Waals surface area contributed by atoms with Crippen LogP contribution in [0.2, 0.25) is 0 Å². The third-order valence-corrected chi connectivity index (χ3v) is 12.6. The van der Waals surface area contributed by atoms with Crippen molar-refractivity contribution in [1.29, 1.82) is 0 Å². The molecule has 2 fully saturated rings. The highest BCUT2D eigenvalue weighted by molar-refractivity contribution is 7.10. The highest BCUT2D eigenvalue weighted by atomic mass is 32.1. The molecule has 62 heavy (non-hydrogen) atoms. The van der Waals surface area contributed by atoms with Crippen LogP contribution >= 0.6 is 11.5 Å². The predicted molar refractivity (Wildman–Crippen MR) is 245 cm³/mol. The number of fused-ring (bicyclic) bond motifs is 2. The first-order chi connectivity index (χ1) is 30.3. The zero-order valence-corrected chi connectivity index (χ0v) is 36.0. The van der Waals surface area contributed by atoms with Crippen molar-refractivity contribution in [3.8, 4) is 22.3 Å². The number of piperidine rings is 2. The quantitative estimate of drug-likeness (QED) is 0.0920. The lowest BCUT2D eigenvalue weighted by molar-refractivity contribution is 0.363. The van der Waals surface area contributed by atoms with Crippen LogP contribution in [0.15, 0.2) is 90.8 Å². The Hall–Kier alpha value is -6.76. The lowest BCUT2D eigenvalue weighted by atomic mass is 9.89. The Labute approximate surface area is 362 Å². The van der Waals surface area contributed by atoms with E-state index in [9.17, 15) is 0 Å². The minimum absolute atomic E-state index is 0.0249. The van der Waals surface area contributed by atoms with Crippen molar-refractivity contribution in [3.05, 3.63) is 109 Å². The summed E-state index contributed by atoms with van der Waals surface area (Å²) < 4.78 is 12.0. The minimum atomic E-state index is 0.0249. The Morgan fingerprint density at radius 1 is 0.839 bits per heavy atom. The maximum atomic E-state index is 5.35. The maximum Gasteiger partial charge on any atom is 0.165 e. The number of anilines is 5. The van der Waals surface area contributed by atoms with E-state index < -0.39 is 0 Å². The third kappa shape index (κ3) is 7.71. The van der Waals surface area contributed by atoms with Crippen LogP contribution < -0.4 is 26.2 Å². The van der Waals surface area contributed by atoms with Crippen molar-refractivity contribution in [3.63, 3.8) is 0 Å². The number of nitrogens with one attached hydrogen (secondary N) is 4. The number of aryl methyl sites for hydroxylation is 3. The fourth-order valence-electron chi connectivity index (χ4n) is 8.64. The Morgan fingerprint density at radius 2 is 1.58 bits per heavy atom. The van der Waals surface area contributed by atoms with Crippen molar-refractivity contribution < 1.29 is 0 Å². The Bertz CT molecular complexity index is 2900.